The van der Waals surface area contributed by atoms with Crippen molar-refractivity contribution in [2.75, 3.05) is 9.80 Å². The molecule has 0 bridgehead atoms. The Bertz CT molecular complexity index is 3130. The molecule has 0 aromatic heterocycles. The van der Waals surface area contributed by atoms with Gasteiger partial charge in [0.25, 0.3) is 6.71 Å². The Morgan fingerprint density at radius 3 is 1.58 bits per heavy atom. The smallest absolute Gasteiger partial charge is 0.252 e. The second kappa shape index (κ2) is 13.5. The molecule has 2 nitrogen and oxygen atoms in total. The minimum atomic E-state index is -2.36. The van der Waals surface area contributed by atoms with E-state index >= 15 is 0 Å². The van der Waals surface area contributed by atoms with Gasteiger partial charge in [-0.2, -0.15) is 0 Å². The van der Waals surface area contributed by atoms with E-state index in [0.29, 0.717) is 5.56 Å². The van der Waals surface area contributed by atoms with Gasteiger partial charge in [0, 0.05) is 38.2 Å². The van der Waals surface area contributed by atoms with Crippen LogP contribution in [0.4, 0.5) is 34.1 Å². The molecule has 3 heteroatoms. The molecule has 6 aromatic carbocycles. The number of hydrogen-bond acceptors (Lipinski definition) is 2. The van der Waals surface area contributed by atoms with Crippen molar-refractivity contribution >= 4 is 57.2 Å². The van der Waals surface area contributed by atoms with Crippen LogP contribution < -0.4 is 26.2 Å². The van der Waals surface area contributed by atoms with Crippen LogP contribution >= 0.6 is 0 Å². The third-order valence-electron chi connectivity index (χ3n) is 17.5. The van der Waals surface area contributed by atoms with Crippen LogP contribution in [0.1, 0.15) is 169 Å². The molecule has 0 atom stereocenters. The molecule has 6 aromatic rings. The average Bonchev–Trinajstić information content (AvgIpc) is 3.46. The van der Waals surface area contributed by atoms with Crippen LogP contribution in [0.25, 0.3) is 11.1 Å². The molecule has 2 heterocycles. The van der Waals surface area contributed by atoms with Gasteiger partial charge in [0.1, 0.15) is 0 Å². The molecular weight excluding hydrogens is 784 g/mol. The van der Waals surface area contributed by atoms with E-state index in [1.807, 2.05) is 12.1 Å². The second-order valence-electron chi connectivity index (χ2n) is 24.9. The summed E-state index contributed by atoms with van der Waals surface area (Å²) >= 11 is 0. The van der Waals surface area contributed by atoms with Crippen molar-refractivity contribution in [3.63, 3.8) is 0 Å². The Balaban J connectivity index is 1.30. The third kappa shape index (κ3) is 6.11. The van der Waals surface area contributed by atoms with Gasteiger partial charge in [0.05, 0.1) is 0 Å². The van der Waals surface area contributed by atoms with Gasteiger partial charge in [0.2, 0.25) is 0 Å². The predicted molar refractivity (Wildman–Crippen MR) is 281 cm³/mol. The number of benzene rings is 6. The first-order valence-electron chi connectivity index (χ1n) is 26.1. The molecule has 3 aliphatic carbocycles. The van der Waals surface area contributed by atoms with E-state index in [-0.39, 0.29) is 39.2 Å². The van der Waals surface area contributed by atoms with Crippen molar-refractivity contribution in [2.24, 2.45) is 0 Å². The number of rotatable bonds is 3. The second-order valence-corrected chi connectivity index (χ2v) is 24.9. The molecule has 332 valence electrons. The molecular formula is C62H71BN2. The van der Waals surface area contributed by atoms with E-state index in [1.165, 1.54) is 66.6 Å². The maximum absolute atomic E-state index is 9.23. The highest BCUT2D eigenvalue weighted by molar-refractivity contribution is 7.00. The van der Waals surface area contributed by atoms with Crippen LogP contribution in [-0.2, 0) is 32.5 Å². The first-order valence-corrected chi connectivity index (χ1v) is 24.6. The normalized spacial score (nSPS) is 21.4. The summed E-state index contributed by atoms with van der Waals surface area (Å²) in [6.45, 7) is 31.1. The molecule has 0 spiro atoms. The van der Waals surface area contributed by atoms with Crippen molar-refractivity contribution in [3.05, 3.63) is 147 Å². The first-order chi connectivity index (χ1) is 31.6. The summed E-state index contributed by atoms with van der Waals surface area (Å²) in [6.07, 6.45) is 5.55. The Morgan fingerprint density at radius 1 is 0.446 bits per heavy atom. The van der Waals surface area contributed by atoms with Crippen LogP contribution in [0.15, 0.2) is 97.1 Å². The van der Waals surface area contributed by atoms with Gasteiger partial charge in [-0.05, 0) is 199 Å². The molecule has 0 unspecified atom stereocenters. The molecule has 0 amide bonds. The number of anilines is 6. The van der Waals surface area contributed by atoms with E-state index in [1.54, 1.807) is 0 Å². The predicted octanol–water partition coefficient (Wildman–Crippen LogP) is 15.0. The lowest BCUT2D eigenvalue weighted by Gasteiger charge is -2.48. The van der Waals surface area contributed by atoms with Crippen molar-refractivity contribution < 1.29 is 4.11 Å². The van der Waals surface area contributed by atoms with Crippen LogP contribution in [-0.4, -0.2) is 6.71 Å². The molecule has 65 heavy (non-hydrogen) atoms. The molecule has 0 saturated carbocycles. The third-order valence-corrected chi connectivity index (χ3v) is 17.5. The summed E-state index contributed by atoms with van der Waals surface area (Å²) in [5, 5.41) is 0. The average molecular weight is 858 g/mol. The Morgan fingerprint density at radius 2 is 0.985 bits per heavy atom. The maximum atomic E-state index is 9.23. The fourth-order valence-corrected chi connectivity index (χ4v) is 14.0. The van der Waals surface area contributed by atoms with Crippen molar-refractivity contribution in [2.45, 2.75) is 168 Å². The number of hydrogen-bond donors (Lipinski definition) is 0. The zero-order chi connectivity index (χ0) is 48.6. The zero-order valence-corrected chi connectivity index (χ0v) is 41.7. The molecule has 5 aliphatic rings. The quantitative estimate of drug-likeness (QED) is 0.163. The first kappa shape index (κ1) is 39.2. The Hall–Kier alpha value is -5.02. The van der Waals surface area contributed by atoms with E-state index in [0.717, 1.165) is 71.7 Å². The van der Waals surface area contributed by atoms with Crippen LogP contribution in [0.2, 0.25) is 0 Å². The van der Waals surface area contributed by atoms with Crippen molar-refractivity contribution in [3.8, 4) is 11.1 Å². The molecule has 0 radical (unpaired) electrons. The van der Waals surface area contributed by atoms with Gasteiger partial charge in [-0.1, -0.05) is 144 Å². The number of fused-ring (bicyclic) bond motifs is 7. The highest BCUT2D eigenvalue weighted by atomic mass is 15.2. The highest BCUT2D eigenvalue weighted by Gasteiger charge is 2.49. The molecule has 2 aliphatic heterocycles. The van der Waals surface area contributed by atoms with E-state index in [2.05, 4.69) is 192 Å². The topological polar surface area (TPSA) is 6.48 Å². The summed E-state index contributed by atoms with van der Waals surface area (Å²) < 4.78 is 27.7. The number of nitrogens with zero attached hydrogens (tertiary/aromatic N) is 2. The van der Waals surface area contributed by atoms with E-state index in [4.69, 9.17) is 0 Å². The van der Waals surface area contributed by atoms with Gasteiger partial charge in [-0.15, -0.1) is 0 Å². The summed E-state index contributed by atoms with van der Waals surface area (Å²) in [7, 11) is 0. The van der Waals surface area contributed by atoms with Crippen molar-refractivity contribution in [1.82, 2.24) is 0 Å². The largest absolute Gasteiger partial charge is 0.311 e. The summed E-state index contributed by atoms with van der Waals surface area (Å²) in [5.41, 5.74) is 23.8. The molecule has 11 rings (SSSR count). The lowest BCUT2D eigenvalue weighted by atomic mass is 9.33. The lowest BCUT2D eigenvalue weighted by molar-refractivity contribution is 0.331. The molecule has 0 fully saturated rings. The molecule has 0 saturated heterocycles. The monoisotopic (exact) mass is 858 g/mol. The maximum Gasteiger partial charge on any atom is 0.252 e. The zero-order valence-electron chi connectivity index (χ0n) is 44.7. The number of aryl methyl sites for hydroxylation is 2. The fourth-order valence-electron chi connectivity index (χ4n) is 14.0. The molecule has 0 N–H and O–H groups in total. The van der Waals surface area contributed by atoms with Gasteiger partial charge in [-0.3, -0.25) is 0 Å². The lowest BCUT2D eigenvalue weighted by Crippen LogP contribution is -2.62. The van der Waals surface area contributed by atoms with Crippen LogP contribution in [0, 0.1) is 20.7 Å². The Labute approximate surface area is 396 Å². The fraction of sp³-hybridized carbons (Fsp3) is 0.419. The van der Waals surface area contributed by atoms with E-state index in [9.17, 15) is 4.11 Å². The van der Waals surface area contributed by atoms with Crippen LogP contribution in [0.3, 0.4) is 0 Å². The van der Waals surface area contributed by atoms with E-state index < -0.39 is 6.85 Å². The standard InChI is InChI=1S/C62H71BN2/c1-37-29-53-56-54(30-37)65(50-34-45-43(31-38(50)2)57(4,5)25-27-59(45,8)9)52-35-46-44(58(6,7)26-28-60(46,10)11)33-48(52)63(56)47-23-21-41(40-19-17-16-18-20-40)32-51(47)64(53)49-24-22-42-55(39(49)3)62(14,15)36-61(42,12)13/h16-24,29-35H,25-28,36H2,1-15H3/i1D3. The van der Waals surface area contributed by atoms with Gasteiger partial charge >= 0.3 is 0 Å². The minimum absolute atomic E-state index is 0.0148. The van der Waals surface area contributed by atoms with Crippen molar-refractivity contribution in [1.29, 1.82) is 0 Å². The summed E-state index contributed by atoms with van der Waals surface area (Å²) in [4.78, 5) is 5.00. The van der Waals surface area contributed by atoms with Crippen LogP contribution in [0.5, 0.6) is 0 Å². The van der Waals surface area contributed by atoms with Gasteiger partial charge in [-0.25, -0.2) is 0 Å². The highest BCUT2D eigenvalue weighted by Crippen LogP contribution is 2.56. The Kier molecular flexibility index (Phi) is 8.17. The van der Waals surface area contributed by atoms with Gasteiger partial charge < -0.3 is 9.80 Å². The summed E-state index contributed by atoms with van der Waals surface area (Å²) in [5.74, 6) is 0. The SMILES string of the molecule is [2H]C([2H])([2H])c1cc2c3c(c1)N(c1ccc4c(c1C)C(C)(C)CC4(C)C)c1cc(-c4ccccc4)ccc1B3c1cc3c(cc1N2c1cc2c(cc1C)C(C)(C)CCC2(C)C)C(C)(C)CCC3(C)C. The van der Waals surface area contributed by atoms with Gasteiger partial charge in [0.15, 0.2) is 0 Å². The minimum Gasteiger partial charge on any atom is -0.311 e. The summed E-state index contributed by atoms with van der Waals surface area (Å²) in [6, 6.07) is 36.8.